The molecule has 87 heavy (non-hydrogen) atoms. The Kier molecular flexibility index (Phi) is 31.5. The van der Waals surface area contributed by atoms with Crippen molar-refractivity contribution in [3.8, 4) is 0 Å². The lowest BCUT2D eigenvalue weighted by Gasteiger charge is -2.47. The SMILES string of the molecule is CCC1CCC(NC(=O)NCCCCCCNC(=O)n2cc(C)c(C)n2)CC1.CCCCCCC1N(CCCCCCNC(=O)n2cc(C)c(C)n2)C(=O)N(CCCCCCNC(=O)NC2CCC(CC)CC2)C(=O)N1CNC(=O)n1cc(C)c(C)n1. The number of unbranched alkanes of at least 4 members (excludes halogenated alkanes) is 12. The van der Waals surface area contributed by atoms with Crippen molar-refractivity contribution in [2.75, 3.05) is 45.9 Å². The zero-order chi connectivity index (χ0) is 63.1. The summed E-state index contributed by atoms with van der Waals surface area (Å²) in [5.74, 6) is 1.63. The first-order valence-electron chi connectivity index (χ1n) is 33.3. The van der Waals surface area contributed by atoms with Crippen molar-refractivity contribution in [3.63, 3.8) is 0 Å². The molecule has 1 unspecified atom stereocenters. The molecule has 6 rings (SSSR count). The summed E-state index contributed by atoms with van der Waals surface area (Å²) in [5, 5.41) is 33.6. The zero-order valence-corrected chi connectivity index (χ0v) is 54.5. The second kappa shape index (κ2) is 38.6. The van der Waals surface area contributed by atoms with Crippen LogP contribution in [0, 0.1) is 53.4 Å². The van der Waals surface area contributed by atoms with Gasteiger partial charge in [-0.05, 0) is 173 Å². The maximum Gasteiger partial charge on any atom is 0.343 e. The van der Waals surface area contributed by atoms with Gasteiger partial charge in [0, 0.05) is 69.9 Å². The van der Waals surface area contributed by atoms with Gasteiger partial charge in [0.2, 0.25) is 0 Å². The van der Waals surface area contributed by atoms with E-state index in [1.807, 2.05) is 46.4 Å². The Labute approximate surface area is 519 Å². The highest BCUT2D eigenvalue weighted by Gasteiger charge is 2.43. The molecule has 0 radical (unpaired) electrons. The molecule has 0 aromatic carbocycles. The second-order valence-electron chi connectivity index (χ2n) is 24.6. The summed E-state index contributed by atoms with van der Waals surface area (Å²) in [7, 11) is 0. The van der Waals surface area contributed by atoms with Crippen LogP contribution < -0.4 is 37.2 Å². The number of imide groups is 1. The van der Waals surface area contributed by atoms with E-state index in [0.29, 0.717) is 51.6 Å². The average molecular weight is 1220 g/mol. The molecule has 1 atom stereocenters. The third kappa shape index (κ3) is 24.4. The monoisotopic (exact) mass is 1210 g/mol. The Morgan fingerprint density at radius 3 is 1.20 bits per heavy atom. The van der Waals surface area contributed by atoms with Crippen LogP contribution in [0.1, 0.15) is 228 Å². The first-order chi connectivity index (χ1) is 41.9. The first-order valence-corrected chi connectivity index (χ1v) is 33.3. The topological polar surface area (TPSA) is 267 Å². The van der Waals surface area contributed by atoms with Gasteiger partial charge < -0.3 is 42.1 Å². The van der Waals surface area contributed by atoms with Crippen molar-refractivity contribution in [3.05, 3.63) is 52.4 Å². The molecule has 11 amide bonds. The summed E-state index contributed by atoms with van der Waals surface area (Å²) in [6.07, 6.45) is 31.1. The van der Waals surface area contributed by atoms with Gasteiger partial charge in [-0.25, -0.2) is 38.5 Å². The third-order valence-electron chi connectivity index (χ3n) is 17.8. The molecule has 488 valence electrons. The Morgan fingerprint density at radius 1 is 0.437 bits per heavy atom. The van der Waals surface area contributed by atoms with E-state index in [1.54, 1.807) is 23.5 Å². The number of nitrogens with one attached hydrogen (secondary N) is 7. The number of hydrogen-bond donors (Lipinski definition) is 7. The summed E-state index contributed by atoms with van der Waals surface area (Å²) >= 11 is 0. The van der Waals surface area contributed by atoms with Crippen LogP contribution in [0.4, 0.5) is 33.6 Å². The van der Waals surface area contributed by atoms with Gasteiger partial charge in [0.05, 0.1) is 23.8 Å². The number of nitrogens with zero attached hydrogens (tertiary/aromatic N) is 9. The van der Waals surface area contributed by atoms with Gasteiger partial charge >= 0.3 is 42.2 Å². The number of hydrogen-bond acceptors (Lipinski definition) is 10. The van der Waals surface area contributed by atoms with E-state index in [-0.39, 0.29) is 49.4 Å². The van der Waals surface area contributed by atoms with Gasteiger partial charge in [0.25, 0.3) is 0 Å². The molecular weight excluding hydrogens is 1100 g/mol. The van der Waals surface area contributed by atoms with E-state index in [0.717, 1.165) is 168 Å². The first kappa shape index (κ1) is 71.1. The van der Waals surface area contributed by atoms with Gasteiger partial charge in [0.1, 0.15) is 6.17 Å². The van der Waals surface area contributed by atoms with Crippen molar-refractivity contribution in [1.82, 2.24) is 81.3 Å². The predicted molar refractivity (Wildman–Crippen MR) is 341 cm³/mol. The maximum absolute atomic E-state index is 14.2. The number of rotatable bonds is 32. The molecule has 1 aliphatic heterocycles. The van der Waals surface area contributed by atoms with Crippen molar-refractivity contribution < 1.29 is 33.6 Å². The van der Waals surface area contributed by atoms with Crippen molar-refractivity contribution in [2.24, 2.45) is 11.8 Å². The standard InChI is InChI=1S/C43H73N11O5.C21H37N5O2/c1-7-9-10-15-20-38-50(27-18-13-12-17-26-45-40(56)53-29-32(3)34(5)48-53)42(58)51(43(59)52(38)31-46-41(57)54-30-33(4)35(6)49-54)28-19-14-11-16-25-44-39(55)47-37-23-21-36(8-2)22-24-37;1-4-18-9-11-19(12-10-18)24-20(27)22-13-7-5-6-8-14-23-21(28)26-15-16(2)17(3)25-26/h29-30,36-38H,7-28,31H2,1-6H3,(H,45,56)(H,46,57)(H2,44,47,55);15,18-19H,4-14H2,1-3H3,(H,23,28)(H2,22,24,27). The fraction of sp³-hybridized carbons (Fsp3) is 0.750. The number of carbonyl (C=O) groups is 7. The average Bonchev–Trinajstić information content (AvgIpc) is 1.89. The molecule has 3 aliphatic rings. The summed E-state index contributed by atoms with van der Waals surface area (Å²) < 4.78 is 3.96. The number of urea groups is 4. The maximum atomic E-state index is 14.2. The van der Waals surface area contributed by atoms with Crippen LogP contribution in [0.2, 0.25) is 0 Å². The van der Waals surface area contributed by atoms with Gasteiger partial charge in [-0.15, -0.1) is 0 Å². The van der Waals surface area contributed by atoms with E-state index in [2.05, 4.69) is 73.3 Å². The van der Waals surface area contributed by atoms with E-state index in [4.69, 9.17) is 0 Å². The Morgan fingerprint density at radius 2 is 0.805 bits per heavy atom. The van der Waals surface area contributed by atoms with E-state index in [1.165, 1.54) is 57.5 Å². The lowest BCUT2D eigenvalue weighted by atomic mass is 9.85. The summed E-state index contributed by atoms with van der Waals surface area (Å²) in [4.78, 5) is 95.3. The molecule has 23 nitrogen and oxygen atoms in total. The number of aromatic nitrogens is 6. The molecule has 4 heterocycles. The van der Waals surface area contributed by atoms with Crippen molar-refractivity contribution in [1.29, 1.82) is 0 Å². The Bertz CT molecular complexity index is 2520. The van der Waals surface area contributed by atoms with Gasteiger partial charge in [-0.3, -0.25) is 4.90 Å². The van der Waals surface area contributed by atoms with Crippen molar-refractivity contribution in [2.45, 2.75) is 254 Å². The predicted octanol–water partition coefficient (Wildman–Crippen LogP) is 11.8. The fourth-order valence-electron chi connectivity index (χ4n) is 11.6. The van der Waals surface area contributed by atoms with E-state index < -0.39 is 18.2 Å². The molecule has 3 aromatic rings. The molecule has 1 saturated heterocycles. The lowest BCUT2D eigenvalue weighted by molar-refractivity contribution is 0.0213. The lowest BCUT2D eigenvalue weighted by Crippen LogP contribution is -2.68. The van der Waals surface area contributed by atoms with Crippen LogP contribution in [0.5, 0.6) is 0 Å². The van der Waals surface area contributed by atoms with Gasteiger partial charge in [-0.2, -0.15) is 29.3 Å². The largest absolute Gasteiger partial charge is 0.343 e. The molecule has 23 heteroatoms. The fourth-order valence-corrected chi connectivity index (χ4v) is 11.6. The second-order valence-corrected chi connectivity index (χ2v) is 24.6. The van der Waals surface area contributed by atoms with Gasteiger partial charge in [-0.1, -0.05) is 91.4 Å². The molecule has 0 bridgehead atoms. The van der Waals surface area contributed by atoms with Crippen molar-refractivity contribution >= 4 is 42.2 Å². The van der Waals surface area contributed by atoms with Crippen LogP contribution >= 0.6 is 0 Å². The van der Waals surface area contributed by atoms with Crippen LogP contribution in [0.25, 0.3) is 0 Å². The minimum absolute atomic E-state index is 0.0305. The minimum Gasteiger partial charge on any atom is -0.338 e. The molecule has 3 aromatic heterocycles. The summed E-state index contributed by atoms with van der Waals surface area (Å²) in [6.45, 7) is 21.1. The highest BCUT2D eigenvalue weighted by atomic mass is 16.2. The molecule has 3 fully saturated rings. The molecule has 0 spiro atoms. The highest BCUT2D eigenvalue weighted by molar-refractivity contribution is 5.96. The van der Waals surface area contributed by atoms with Crippen LogP contribution in [-0.2, 0) is 0 Å². The highest BCUT2D eigenvalue weighted by Crippen LogP contribution is 2.28. The van der Waals surface area contributed by atoms with Crippen LogP contribution in [0.15, 0.2) is 18.6 Å². The van der Waals surface area contributed by atoms with Crippen LogP contribution in [0.3, 0.4) is 0 Å². The van der Waals surface area contributed by atoms with E-state index in [9.17, 15) is 33.6 Å². The Hall–Kier alpha value is -6.68. The quantitative estimate of drug-likeness (QED) is 0.0291. The van der Waals surface area contributed by atoms with Crippen LogP contribution in [-0.4, -0.2) is 150 Å². The number of aryl methyl sites for hydroxylation is 6. The smallest absolute Gasteiger partial charge is 0.338 e. The summed E-state index contributed by atoms with van der Waals surface area (Å²) in [6, 6.07) is -1.10. The number of amides is 11. The summed E-state index contributed by atoms with van der Waals surface area (Å²) in [5.41, 5.74) is 5.32. The molecular formula is C64H110N16O7. The zero-order valence-electron chi connectivity index (χ0n) is 54.5. The molecule has 2 aliphatic carbocycles. The normalized spacial score (nSPS) is 18.6. The number of carbonyl (C=O) groups excluding carboxylic acids is 7. The third-order valence-corrected chi connectivity index (χ3v) is 17.8. The van der Waals surface area contributed by atoms with E-state index >= 15 is 0 Å². The molecule has 2 saturated carbocycles. The van der Waals surface area contributed by atoms with Gasteiger partial charge in [0.15, 0.2) is 0 Å². The minimum atomic E-state index is -0.497. The Balaban J connectivity index is 0.000000410. The molecule has 7 N–H and O–H groups in total.